The van der Waals surface area contributed by atoms with Crippen LogP contribution in [-0.2, 0) is 14.4 Å². The van der Waals surface area contributed by atoms with E-state index < -0.39 is 70.4 Å². The Bertz CT molecular complexity index is 1150. The summed E-state index contributed by atoms with van der Waals surface area (Å²) in [6.07, 6.45) is -2.11. The van der Waals surface area contributed by atoms with Gasteiger partial charge in [0, 0.05) is 23.8 Å². The smallest absolute Gasteiger partial charge is 0.255 e. The minimum atomic E-state index is -2.82. The molecule has 4 rings (SSSR count). The maximum atomic E-state index is 13.5. The van der Waals surface area contributed by atoms with E-state index in [0.29, 0.717) is 11.1 Å². The van der Waals surface area contributed by atoms with Crippen molar-refractivity contribution < 1.29 is 39.9 Å². The van der Waals surface area contributed by atoms with Gasteiger partial charge in [-0.15, -0.1) is 0 Å². The summed E-state index contributed by atoms with van der Waals surface area (Å²) < 4.78 is 0. The van der Waals surface area contributed by atoms with Gasteiger partial charge in [0.05, 0.1) is 11.7 Å². The van der Waals surface area contributed by atoms with Gasteiger partial charge in [0.2, 0.25) is 5.78 Å². The minimum absolute atomic E-state index is 0.0179. The number of Topliss-reactive ketones (excluding diaryl/α,β-unsaturated/α-hetero) is 2. The van der Waals surface area contributed by atoms with Gasteiger partial charge in [0.25, 0.3) is 5.91 Å². The van der Waals surface area contributed by atoms with Crippen LogP contribution >= 0.6 is 0 Å². The number of fused-ring (bicyclic) bond motifs is 3. The lowest BCUT2D eigenvalue weighted by Gasteiger charge is -2.50. The summed E-state index contributed by atoms with van der Waals surface area (Å²) in [5.74, 6) is -8.48. The van der Waals surface area contributed by atoms with E-state index in [2.05, 4.69) is 0 Å². The molecule has 0 spiro atoms. The molecule has 164 valence electrons. The predicted octanol–water partition coefficient (Wildman–Crippen LogP) is 0.573. The zero-order chi connectivity index (χ0) is 23.2. The number of carbonyl (C=O) groups is 3. The van der Waals surface area contributed by atoms with Crippen molar-refractivity contribution in [2.24, 2.45) is 17.6 Å². The van der Waals surface area contributed by atoms with Crippen LogP contribution in [0.5, 0.6) is 5.75 Å². The third-order valence-electron chi connectivity index (χ3n) is 6.99. The summed E-state index contributed by atoms with van der Waals surface area (Å²) in [6, 6.07) is 1.72. The van der Waals surface area contributed by atoms with Crippen molar-refractivity contribution in [2.75, 3.05) is 0 Å². The topological polar surface area (TPSA) is 178 Å². The molecule has 1 fully saturated rings. The van der Waals surface area contributed by atoms with E-state index in [1.165, 1.54) is 0 Å². The van der Waals surface area contributed by atoms with E-state index in [1.54, 1.807) is 26.8 Å². The van der Waals surface area contributed by atoms with E-state index in [0.717, 1.165) is 5.56 Å². The van der Waals surface area contributed by atoms with Gasteiger partial charge in [-0.1, -0.05) is 13.0 Å². The number of rotatable bonds is 1. The molecule has 0 heterocycles. The standard InChI is InChI=1S/C22H23NO8/c1-6-4-7(2)16(25)14-11(6)8(3)12-15(18(14)27)20(29)22(31)9(17(12)26)5-10(24)13(19(22)28)21(23)30/h4,8-9,12,17,25-28,31H,5H2,1-3H3,(H2,23,30)/t8-,9+,12+,17+,22+/m0/s1. The molecule has 0 unspecified atom stereocenters. The largest absolute Gasteiger partial charge is 0.508 e. The molecule has 7 N–H and O–H groups in total. The van der Waals surface area contributed by atoms with E-state index in [1.807, 2.05) is 0 Å². The van der Waals surface area contributed by atoms with Crippen LogP contribution in [0.4, 0.5) is 0 Å². The Morgan fingerprint density at radius 2 is 1.77 bits per heavy atom. The first kappa shape index (κ1) is 21.1. The number of aliphatic hydroxyl groups is 4. The SMILES string of the molecule is Cc1cc(C)c2c(c1O)C(O)=C1C(=O)[C@]3(O)C(O)=C(C(N)=O)C(=O)C[C@@H]3[C@@H](O)[C@@H]1[C@H]2C. The Kier molecular flexibility index (Phi) is 4.36. The highest BCUT2D eigenvalue weighted by Crippen LogP contribution is 2.56. The highest BCUT2D eigenvalue weighted by molar-refractivity contribution is 6.23. The lowest BCUT2D eigenvalue weighted by Crippen LogP contribution is -2.64. The van der Waals surface area contributed by atoms with Crippen LogP contribution in [0.3, 0.4) is 0 Å². The van der Waals surface area contributed by atoms with Crippen LogP contribution in [0.2, 0.25) is 0 Å². The number of hydrogen-bond donors (Lipinski definition) is 6. The highest BCUT2D eigenvalue weighted by Gasteiger charge is 2.65. The molecule has 1 aromatic rings. The van der Waals surface area contributed by atoms with Crippen molar-refractivity contribution in [1.82, 2.24) is 0 Å². The monoisotopic (exact) mass is 429 g/mol. The number of phenols is 1. The molecule has 1 amide bonds. The Hall–Kier alpha value is -3.17. The van der Waals surface area contributed by atoms with E-state index in [-0.39, 0.29) is 16.9 Å². The van der Waals surface area contributed by atoms with Crippen molar-refractivity contribution >= 4 is 23.2 Å². The lowest BCUT2D eigenvalue weighted by molar-refractivity contribution is -0.160. The molecular weight excluding hydrogens is 406 g/mol. The van der Waals surface area contributed by atoms with Crippen LogP contribution in [0.15, 0.2) is 23.0 Å². The Morgan fingerprint density at radius 1 is 1.16 bits per heavy atom. The number of hydrogen-bond acceptors (Lipinski definition) is 8. The molecule has 5 atom stereocenters. The normalized spacial score (nSPS) is 32.5. The Balaban J connectivity index is 2.05. The maximum absolute atomic E-state index is 13.5. The van der Waals surface area contributed by atoms with Gasteiger partial charge < -0.3 is 31.3 Å². The number of aryl methyl sites for hydroxylation is 2. The summed E-state index contributed by atoms with van der Waals surface area (Å²) in [5, 5.41) is 54.6. The number of ketones is 2. The Morgan fingerprint density at radius 3 is 2.35 bits per heavy atom. The summed E-state index contributed by atoms with van der Waals surface area (Å²) in [7, 11) is 0. The molecule has 0 aliphatic heterocycles. The fraction of sp³-hybridized carbons (Fsp3) is 0.409. The van der Waals surface area contributed by atoms with E-state index in [9.17, 15) is 39.9 Å². The van der Waals surface area contributed by atoms with Gasteiger partial charge in [-0.2, -0.15) is 0 Å². The van der Waals surface area contributed by atoms with Gasteiger partial charge in [0.15, 0.2) is 11.4 Å². The average Bonchev–Trinajstić information content (AvgIpc) is 2.67. The number of primary amides is 1. The molecule has 0 aromatic heterocycles. The van der Waals surface area contributed by atoms with Gasteiger partial charge in [0.1, 0.15) is 22.8 Å². The molecule has 3 aliphatic rings. The molecule has 0 bridgehead atoms. The number of phenolic OH excluding ortho intramolecular Hbond substituents is 1. The second-order valence-corrected chi connectivity index (χ2v) is 8.63. The van der Waals surface area contributed by atoms with Gasteiger partial charge in [-0.3, -0.25) is 14.4 Å². The third kappa shape index (κ3) is 2.41. The molecular formula is C22H23NO8. The van der Waals surface area contributed by atoms with Crippen molar-refractivity contribution in [3.8, 4) is 5.75 Å². The van der Waals surface area contributed by atoms with Gasteiger partial charge in [-0.25, -0.2) is 0 Å². The first-order valence-electron chi connectivity index (χ1n) is 9.84. The van der Waals surface area contributed by atoms with E-state index >= 15 is 0 Å². The fourth-order valence-electron chi connectivity index (χ4n) is 5.57. The third-order valence-corrected chi connectivity index (χ3v) is 6.99. The summed E-state index contributed by atoms with van der Waals surface area (Å²) in [6.45, 7) is 5.10. The molecule has 9 nitrogen and oxygen atoms in total. The second-order valence-electron chi connectivity index (χ2n) is 8.63. The molecule has 9 heteroatoms. The number of amides is 1. The quantitative estimate of drug-likeness (QED) is 0.351. The zero-order valence-corrected chi connectivity index (χ0v) is 17.1. The number of nitrogens with two attached hydrogens (primary N) is 1. The number of benzene rings is 1. The van der Waals surface area contributed by atoms with Crippen LogP contribution in [0.25, 0.3) is 5.76 Å². The molecule has 1 saturated carbocycles. The van der Waals surface area contributed by atoms with Crippen molar-refractivity contribution in [3.05, 3.63) is 45.2 Å². The number of carbonyl (C=O) groups excluding carboxylic acids is 3. The lowest BCUT2D eigenvalue weighted by atomic mass is 9.55. The Labute approximate surface area is 177 Å². The first-order valence-corrected chi connectivity index (χ1v) is 9.84. The van der Waals surface area contributed by atoms with Crippen molar-refractivity contribution in [3.63, 3.8) is 0 Å². The van der Waals surface area contributed by atoms with Crippen LogP contribution in [-0.4, -0.2) is 54.7 Å². The van der Waals surface area contributed by atoms with Crippen LogP contribution < -0.4 is 5.73 Å². The molecule has 0 radical (unpaired) electrons. The average molecular weight is 429 g/mol. The number of aromatic hydroxyl groups is 1. The maximum Gasteiger partial charge on any atom is 0.255 e. The van der Waals surface area contributed by atoms with Crippen LogP contribution in [0.1, 0.15) is 41.5 Å². The summed E-state index contributed by atoms with van der Waals surface area (Å²) in [4.78, 5) is 37.5. The zero-order valence-electron chi connectivity index (χ0n) is 17.1. The van der Waals surface area contributed by atoms with Crippen molar-refractivity contribution in [2.45, 2.75) is 44.8 Å². The fourth-order valence-corrected chi connectivity index (χ4v) is 5.57. The minimum Gasteiger partial charge on any atom is -0.508 e. The molecule has 3 aliphatic carbocycles. The van der Waals surface area contributed by atoms with Gasteiger partial charge in [-0.05, 0) is 36.5 Å². The molecule has 31 heavy (non-hydrogen) atoms. The second kappa shape index (κ2) is 6.41. The summed E-state index contributed by atoms with van der Waals surface area (Å²) >= 11 is 0. The van der Waals surface area contributed by atoms with Gasteiger partial charge >= 0.3 is 0 Å². The molecule has 0 saturated heterocycles. The van der Waals surface area contributed by atoms with Crippen LogP contribution in [0, 0.1) is 25.7 Å². The predicted molar refractivity (Wildman–Crippen MR) is 107 cm³/mol. The van der Waals surface area contributed by atoms with E-state index in [4.69, 9.17) is 5.73 Å². The summed E-state index contributed by atoms with van der Waals surface area (Å²) in [5.41, 5.74) is 2.78. The highest BCUT2D eigenvalue weighted by atomic mass is 16.4. The first-order chi connectivity index (χ1) is 14.3. The number of aliphatic hydroxyl groups excluding tert-OH is 3. The molecule has 1 aromatic carbocycles. The van der Waals surface area contributed by atoms with Crippen molar-refractivity contribution in [1.29, 1.82) is 0 Å².